The number of benzene rings is 1. The van der Waals surface area contributed by atoms with Crippen LogP contribution in [0, 0.1) is 6.92 Å². The Kier molecular flexibility index (Phi) is 3.84. The van der Waals surface area contributed by atoms with Gasteiger partial charge in [0.05, 0.1) is 11.9 Å². The molecule has 1 atom stereocenters. The summed E-state index contributed by atoms with van der Waals surface area (Å²) in [5, 5.41) is 0.729. The van der Waals surface area contributed by atoms with Crippen LogP contribution in [0.25, 0.3) is 0 Å². The highest BCUT2D eigenvalue weighted by molar-refractivity contribution is 6.31. The second-order valence-electron chi connectivity index (χ2n) is 4.22. The molecule has 0 aliphatic heterocycles. The topological polar surface area (TPSA) is 48.1 Å². The SMILES string of the molecule is Cc1cc(Oc2ccc([C@H](C)N)nc2)ccc1Cl. The van der Waals surface area contributed by atoms with Crippen LogP contribution < -0.4 is 10.5 Å². The number of ether oxygens (including phenoxy) is 1. The zero-order valence-corrected chi connectivity index (χ0v) is 11.1. The first-order valence-electron chi connectivity index (χ1n) is 5.72. The zero-order valence-electron chi connectivity index (χ0n) is 10.4. The van der Waals surface area contributed by atoms with E-state index in [4.69, 9.17) is 22.1 Å². The van der Waals surface area contributed by atoms with Crippen LogP contribution >= 0.6 is 11.6 Å². The van der Waals surface area contributed by atoms with Crippen LogP contribution in [0.4, 0.5) is 0 Å². The van der Waals surface area contributed by atoms with E-state index in [0.29, 0.717) is 5.75 Å². The summed E-state index contributed by atoms with van der Waals surface area (Å²) in [7, 11) is 0. The molecule has 4 heteroatoms. The van der Waals surface area contributed by atoms with Crippen LogP contribution in [-0.2, 0) is 0 Å². The highest BCUT2D eigenvalue weighted by Gasteiger charge is 2.03. The molecule has 0 unspecified atom stereocenters. The van der Waals surface area contributed by atoms with E-state index in [-0.39, 0.29) is 6.04 Å². The quantitative estimate of drug-likeness (QED) is 0.914. The van der Waals surface area contributed by atoms with Gasteiger partial charge >= 0.3 is 0 Å². The fourth-order valence-electron chi connectivity index (χ4n) is 1.54. The third-order valence-electron chi connectivity index (χ3n) is 2.59. The van der Waals surface area contributed by atoms with Gasteiger partial charge in [-0.25, -0.2) is 0 Å². The van der Waals surface area contributed by atoms with E-state index < -0.39 is 0 Å². The monoisotopic (exact) mass is 262 g/mol. The van der Waals surface area contributed by atoms with Gasteiger partial charge in [0.25, 0.3) is 0 Å². The fraction of sp³-hybridized carbons (Fsp3) is 0.214. The van der Waals surface area contributed by atoms with Crippen molar-refractivity contribution in [3.05, 3.63) is 52.8 Å². The van der Waals surface area contributed by atoms with E-state index in [1.807, 2.05) is 44.2 Å². The van der Waals surface area contributed by atoms with Crippen LogP contribution in [-0.4, -0.2) is 4.98 Å². The summed E-state index contributed by atoms with van der Waals surface area (Å²) in [5.41, 5.74) is 7.56. The van der Waals surface area contributed by atoms with Crippen molar-refractivity contribution in [1.29, 1.82) is 0 Å². The maximum Gasteiger partial charge on any atom is 0.145 e. The van der Waals surface area contributed by atoms with Gasteiger partial charge in [-0.15, -0.1) is 0 Å². The van der Waals surface area contributed by atoms with E-state index in [9.17, 15) is 0 Å². The zero-order chi connectivity index (χ0) is 13.1. The van der Waals surface area contributed by atoms with Gasteiger partial charge in [0.1, 0.15) is 11.5 Å². The average Bonchev–Trinajstić information content (AvgIpc) is 2.34. The third kappa shape index (κ3) is 3.00. The molecule has 0 radical (unpaired) electrons. The first-order chi connectivity index (χ1) is 8.56. The summed E-state index contributed by atoms with van der Waals surface area (Å²) >= 11 is 5.96. The summed E-state index contributed by atoms with van der Waals surface area (Å²) in [5.74, 6) is 1.42. The molecule has 0 aliphatic rings. The molecule has 0 saturated carbocycles. The lowest BCUT2D eigenvalue weighted by Crippen LogP contribution is -2.06. The van der Waals surface area contributed by atoms with Gasteiger partial charge in [-0.1, -0.05) is 11.6 Å². The molecule has 2 rings (SSSR count). The number of aryl methyl sites for hydroxylation is 1. The van der Waals surface area contributed by atoms with E-state index in [2.05, 4.69) is 4.98 Å². The molecule has 94 valence electrons. The summed E-state index contributed by atoms with van der Waals surface area (Å²) in [6, 6.07) is 9.18. The molecule has 0 amide bonds. The van der Waals surface area contributed by atoms with Crippen molar-refractivity contribution >= 4 is 11.6 Å². The minimum Gasteiger partial charge on any atom is -0.456 e. The molecule has 0 fully saturated rings. The molecule has 2 N–H and O–H groups in total. The predicted octanol–water partition coefficient (Wildman–Crippen LogP) is 3.86. The van der Waals surface area contributed by atoms with E-state index in [1.165, 1.54) is 0 Å². The van der Waals surface area contributed by atoms with Crippen molar-refractivity contribution in [3.63, 3.8) is 0 Å². The Morgan fingerprint density at radius 3 is 2.50 bits per heavy atom. The van der Waals surface area contributed by atoms with Crippen molar-refractivity contribution in [1.82, 2.24) is 4.98 Å². The number of aromatic nitrogens is 1. The lowest BCUT2D eigenvalue weighted by molar-refractivity contribution is 0.479. The Bertz CT molecular complexity index is 538. The first-order valence-corrected chi connectivity index (χ1v) is 6.09. The van der Waals surface area contributed by atoms with E-state index in [0.717, 1.165) is 22.0 Å². The van der Waals surface area contributed by atoms with Gasteiger partial charge in [-0.3, -0.25) is 4.98 Å². The summed E-state index contributed by atoms with van der Waals surface area (Å²) in [6.45, 7) is 3.83. The molecule has 0 bridgehead atoms. The lowest BCUT2D eigenvalue weighted by atomic mass is 10.2. The van der Waals surface area contributed by atoms with E-state index in [1.54, 1.807) is 6.20 Å². The Balaban J connectivity index is 2.15. The van der Waals surface area contributed by atoms with Crippen LogP contribution in [0.15, 0.2) is 36.5 Å². The fourth-order valence-corrected chi connectivity index (χ4v) is 1.66. The van der Waals surface area contributed by atoms with Crippen molar-refractivity contribution in [3.8, 4) is 11.5 Å². The number of nitrogens with two attached hydrogens (primary N) is 1. The molecular formula is C14H15ClN2O. The summed E-state index contributed by atoms with van der Waals surface area (Å²) < 4.78 is 5.69. The molecule has 1 aromatic carbocycles. The molecule has 1 heterocycles. The third-order valence-corrected chi connectivity index (χ3v) is 3.01. The molecule has 2 aromatic rings. The maximum absolute atomic E-state index is 5.96. The van der Waals surface area contributed by atoms with Gasteiger partial charge in [0.2, 0.25) is 0 Å². The molecule has 0 saturated heterocycles. The number of nitrogens with zero attached hydrogens (tertiary/aromatic N) is 1. The van der Waals surface area contributed by atoms with Gasteiger partial charge in [-0.05, 0) is 49.7 Å². The molecule has 0 spiro atoms. The van der Waals surface area contributed by atoms with Gasteiger partial charge < -0.3 is 10.5 Å². The van der Waals surface area contributed by atoms with Crippen molar-refractivity contribution in [2.24, 2.45) is 5.73 Å². The number of halogens is 1. The van der Waals surface area contributed by atoms with Crippen molar-refractivity contribution in [2.45, 2.75) is 19.9 Å². The van der Waals surface area contributed by atoms with Crippen molar-refractivity contribution < 1.29 is 4.74 Å². The minimum absolute atomic E-state index is 0.0724. The van der Waals surface area contributed by atoms with E-state index >= 15 is 0 Å². The maximum atomic E-state index is 5.96. The number of hydrogen-bond donors (Lipinski definition) is 1. The second kappa shape index (κ2) is 5.38. The molecule has 18 heavy (non-hydrogen) atoms. The van der Waals surface area contributed by atoms with Crippen LogP contribution in [0.2, 0.25) is 5.02 Å². The normalized spacial score (nSPS) is 12.2. The highest BCUT2D eigenvalue weighted by atomic mass is 35.5. The second-order valence-corrected chi connectivity index (χ2v) is 4.63. The van der Waals surface area contributed by atoms with Crippen LogP contribution in [0.3, 0.4) is 0 Å². The lowest BCUT2D eigenvalue weighted by Gasteiger charge is -2.08. The summed E-state index contributed by atoms with van der Waals surface area (Å²) in [6.07, 6.45) is 1.67. The molecule has 0 aliphatic carbocycles. The smallest absolute Gasteiger partial charge is 0.145 e. The first kappa shape index (κ1) is 12.9. The average molecular weight is 263 g/mol. The molecule has 3 nitrogen and oxygen atoms in total. The van der Waals surface area contributed by atoms with Crippen LogP contribution in [0.5, 0.6) is 11.5 Å². The Morgan fingerprint density at radius 2 is 1.94 bits per heavy atom. The summed E-state index contributed by atoms with van der Waals surface area (Å²) in [4.78, 5) is 4.24. The Labute approximate surface area is 112 Å². The van der Waals surface area contributed by atoms with Gasteiger partial charge in [0.15, 0.2) is 0 Å². The molecule has 1 aromatic heterocycles. The largest absolute Gasteiger partial charge is 0.456 e. The Hall–Kier alpha value is -1.58. The minimum atomic E-state index is -0.0724. The van der Waals surface area contributed by atoms with Gasteiger partial charge in [0, 0.05) is 11.1 Å². The predicted molar refractivity (Wildman–Crippen MR) is 73.1 cm³/mol. The number of hydrogen-bond acceptors (Lipinski definition) is 3. The highest BCUT2D eigenvalue weighted by Crippen LogP contribution is 2.25. The van der Waals surface area contributed by atoms with Gasteiger partial charge in [-0.2, -0.15) is 0 Å². The molecular weight excluding hydrogens is 248 g/mol. The van der Waals surface area contributed by atoms with Crippen molar-refractivity contribution in [2.75, 3.05) is 0 Å². The Morgan fingerprint density at radius 1 is 1.22 bits per heavy atom. The van der Waals surface area contributed by atoms with Crippen LogP contribution in [0.1, 0.15) is 24.2 Å². The standard InChI is InChI=1S/C14H15ClN2O/c1-9-7-11(3-5-13(9)15)18-12-4-6-14(10(2)16)17-8-12/h3-8,10H,16H2,1-2H3/t10-/m0/s1. The number of pyridine rings is 1. The number of rotatable bonds is 3.